The van der Waals surface area contributed by atoms with Crippen molar-refractivity contribution in [1.29, 1.82) is 0 Å². The van der Waals surface area contributed by atoms with E-state index in [0.717, 1.165) is 0 Å². The Bertz CT molecular complexity index is 580. The van der Waals surface area contributed by atoms with Crippen molar-refractivity contribution in [2.24, 2.45) is 0 Å². The highest BCUT2D eigenvalue weighted by atomic mass is 16.5. The maximum atomic E-state index is 12.0. The second-order valence-electron chi connectivity index (χ2n) is 3.71. The van der Waals surface area contributed by atoms with Crippen LogP contribution < -0.4 is 0 Å². The van der Waals surface area contributed by atoms with Gasteiger partial charge in [-0.05, 0) is 6.07 Å². The van der Waals surface area contributed by atoms with Crippen LogP contribution in [0.15, 0.2) is 41.0 Å². The Morgan fingerprint density at radius 2 is 1.81 bits per heavy atom. The highest BCUT2D eigenvalue weighted by molar-refractivity contribution is 6.12. The molecule has 1 aliphatic carbocycles. The molecule has 0 saturated carbocycles. The Kier molecular flexibility index (Phi) is 1.64. The van der Waals surface area contributed by atoms with Crippen LogP contribution in [-0.2, 0) is 5.79 Å². The molecule has 0 amide bonds. The molecule has 0 atom stereocenters. The fraction of sp³-hybridized carbons (Fsp3) is 0.0833. The molecule has 0 bridgehead atoms. The molecule has 0 spiro atoms. The third-order valence-electron chi connectivity index (χ3n) is 2.77. The largest absolute Gasteiger partial charge is 0.462 e. The topological polar surface area (TPSA) is 70.7 Å². The van der Waals surface area contributed by atoms with Crippen molar-refractivity contribution in [1.82, 2.24) is 0 Å². The summed E-state index contributed by atoms with van der Waals surface area (Å²) in [5.74, 6) is -2.60. The minimum absolute atomic E-state index is 0.115. The van der Waals surface area contributed by atoms with Gasteiger partial charge < -0.3 is 14.6 Å². The van der Waals surface area contributed by atoms with Crippen molar-refractivity contribution < 1.29 is 19.4 Å². The highest BCUT2D eigenvalue weighted by Crippen LogP contribution is 2.38. The molecule has 16 heavy (non-hydrogen) atoms. The lowest BCUT2D eigenvalue weighted by Crippen LogP contribution is -2.34. The number of ketones is 1. The van der Waals surface area contributed by atoms with Gasteiger partial charge in [0.05, 0.1) is 11.8 Å². The zero-order valence-electron chi connectivity index (χ0n) is 8.18. The van der Waals surface area contributed by atoms with E-state index in [1.165, 1.54) is 18.4 Å². The molecular formula is C12H8O4. The van der Waals surface area contributed by atoms with Gasteiger partial charge in [0, 0.05) is 11.1 Å². The van der Waals surface area contributed by atoms with Gasteiger partial charge in [-0.15, -0.1) is 0 Å². The third-order valence-corrected chi connectivity index (χ3v) is 2.77. The number of carbonyl (C=O) groups excluding carboxylic acids is 1. The lowest BCUT2D eigenvalue weighted by Gasteiger charge is -2.26. The fourth-order valence-corrected chi connectivity index (χ4v) is 2.01. The standard InChI is InChI=1S/C12H8O4/c13-10-7-3-1-2-4-9(7)12(14,15)11-8(10)5-6-16-11/h1-6,14-15H. The number of furan rings is 1. The third kappa shape index (κ3) is 0.973. The van der Waals surface area contributed by atoms with Crippen LogP contribution in [-0.4, -0.2) is 16.0 Å². The van der Waals surface area contributed by atoms with Crippen molar-refractivity contribution in [3.05, 3.63) is 59.0 Å². The SMILES string of the molecule is O=C1c2ccccc2C(O)(O)c2occc21. The molecular weight excluding hydrogens is 208 g/mol. The lowest BCUT2D eigenvalue weighted by molar-refractivity contribution is -0.147. The van der Waals surface area contributed by atoms with Gasteiger partial charge in [0.25, 0.3) is 5.79 Å². The molecule has 3 rings (SSSR count). The van der Waals surface area contributed by atoms with Crippen LogP contribution >= 0.6 is 0 Å². The molecule has 1 aromatic carbocycles. The van der Waals surface area contributed by atoms with Gasteiger partial charge in [0.2, 0.25) is 0 Å². The molecule has 2 aromatic rings. The summed E-state index contributed by atoms with van der Waals surface area (Å²) < 4.78 is 4.98. The maximum Gasteiger partial charge on any atom is 0.252 e. The van der Waals surface area contributed by atoms with Gasteiger partial charge >= 0.3 is 0 Å². The summed E-state index contributed by atoms with van der Waals surface area (Å²) in [5.41, 5.74) is 0.646. The van der Waals surface area contributed by atoms with E-state index in [0.29, 0.717) is 5.56 Å². The number of rotatable bonds is 0. The molecule has 1 aromatic heterocycles. The molecule has 0 radical (unpaired) electrons. The van der Waals surface area contributed by atoms with E-state index in [2.05, 4.69) is 0 Å². The van der Waals surface area contributed by atoms with Crippen LogP contribution in [0.25, 0.3) is 0 Å². The molecule has 0 fully saturated rings. The van der Waals surface area contributed by atoms with Crippen LogP contribution in [0.2, 0.25) is 0 Å². The van der Waals surface area contributed by atoms with Crippen LogP contribution in [0.1, 0.15) is 27.2 Å². The van der Waals surface area contributed by atoms with Gasteiger partial charge in [-0.25, -0.2) is 0 Å². The van der Waals surface area contributed by atoms with Crippen molar-refractivity contribution in [2.45, 2.75) is 5.79 Å². The second kappa shape index (κ2) is 2.81. The first-order chi connectivity index (χ1) is 7.62. The molecule has 1 aliphatic rings. The summed E-state index contributed by atoms with van der Waals surface area (Å²) in [6.07, 6.45) is 1.27. The van der Waals surface area contributed by atoms with Gasteiger partial charge in [-0.1, -0.05) is 24.3 Å². The molecule has 1 heterocycles. The molecule has 0 saturated heterocycles. The summed E-state index contributed by atoms with van der Waals surface area (Å²) in [7, 11) is 0. The molecule has 4 nitrogen and oxygen atoms in total. The summed E-state index contributed by atoms with van der Waals surface area (Å²) >= 11 is 0. The summed E-state index contributed by atoms with van der Waals surface area (Å²) in [6, 6.07) is 7.82. The summed E-state index contributed by atoms with van der Waals surface area (Å²) in [6.45, 7) is 0. The van der Waals surface area contributed by atoms with Crippen LogP contribution in [0.3, 0.4) is 0 Å². The Morgan fingerprint density at radius 1 is 1.06 bits per heavy atom. The van der Waals surface area contributed by atoms with Gasteiger partial charge in [-0.3, -0.25) is 4.79 Å². The highest BCUT2D eigenvalue weighted by Gasteiger charge is 2.43. The van der Waals surface area contributed by atoms with E-state index in [4.69, 9.17) is 4.42 Å². The number of fused-ring (bicyclic) bond motifs is 2. The Balaban J connectivity index is 2.38. The van der Waals surface area contributed by atoms with Crippen LogP contribution in [0, 0.1) is 0 Å². The summed E-state index contributed by atoms with van der Waals surface area (Å²) in [4.78, 5) is 12.0. The minimum atomic E-state index is -2.23. The molecule has 4 heteroatoms. The van der Waals surface area contributed by atoms with Crippen molar-refractivity contribution in [2.75, 3.05) is 0 Å². The molecule has 0 aliphatic heterocycles. The Hall–Kier alpha value is -1.91. The monoisotopic (exact) mass is 216 g/mol. The van der Waals surface area contributed by atoms with Gasteiger partial charge in [0.1, 0.15) is 0 Å². The molecule has 0 unspecified atom stereocenters. The van der Waals surface area contributed by atoms with Crippen molar-refractivity contribution in [3.8, 4) is 0 Å². The number of hydrogen-bond acceptors (Lipinski definition) is 4. The van der Waals surface area contributed by atoms with E-state index in [9.17, 15) is 15.0 Å². The zero-order chi connectivity index (χ0) is 11.3. The average Bonchev–Trinajstić information content (AvgIpc) is 2.76. The zero-order valence-corrected chi connectivity index (χ0v) is 8.18. The number of benzene rings is 1. The van der Waals surface area contributed by atoms with Gasteiger partial charge in [-0.2, -0.15) is 0 Å². The molecule has 2 N–H and O–H groups in total. The number of carbonyl (C=O) groups is 1. The first-order valence-electron chi connectivity index (χ1n) is 4.79. The number of hydrogen-bond donors (Lipinski definition) is 2. The number of aliphatic hydroxyl groups is 2. The van der Waals surface area contributed by atoms with Crippen LogP contribution in [0.5, 0.6) is 0 Å². The Labute approximate surface area is 90.8 Å². The fourth-order valence-electron chi connectivity index (χ4n) is 2.01. The minimum Gasteiger partial charge on any atom is -0.462 e. The Morgan fingerprint density at radius 3 is 2.62 bits per heavy atom. The van der Waals surface area contributed by atoms with E-state index in [1.807, 2.05) is 0 Å². The quantitative estimate of drug-likeness (QED) is 0.645. The lowest BCUT2D eigenvalue weighted by atomic mass is 9.85. The second-order valence-corrected chi connectivity index (χ2v) is 3.71. The predicted octanol–water partition coefficient (Wildman–Crippen LogP) is 1.01. The van der Waals surface area contributed by atoms with Crippen molar-refractivity contribution >= 4 is 5.78 Å². The first-order valence-corrected chi connectivity index (χ1v) is 4.79. The first kappa shape index (κ1) is 9.33. The molecule has 80 valence electrons. The van der Waals surface area contributed by atoms with Crippen molar-refractivity contribution in [3.63, 3.8) is 0 Å². The van der Waals surface area contributed by atoms with E-state index in [1.54, 1.807) is 18.2 Å². The normalized spacial score (nSPS) is 16.8. The van der Waals surface area contributed by atoms with Crippen LogP contribution in [0.4, 0.5) is 0 Å². The average molecular weight is 216 g/mol. The predicted molar refractivity (Wildman–Crippen MR) is 53.8 cm³/mol. The maximum absolute atomic E-state index is 12.0. The van der Waals surface area contributed by atoms with Gasteiger partial charge in [0.15, 0.2) is 11.5 Å². The summed E-state index contributed by atoms with van der Waals surface area (Å²) in [5, 5.41) is 20.0. The van der Waals surface area contributed by atoms with E-state index < -0.39 is 5.79 Å². The smallest absolute Gasteiger partial charge is 0.252 e. The van der Waals surface area contributed by atoms with E-state index in [-0.39, 0.29) is 22.7 Å². The van der Waals surface area contributed by atoms with E-state index >= 15 is 0 Å².